The molecule has 2 amide bonds. The predicted molar refractivity (Wildman–Crippen MR) is 76.2 cm³/mol. The molecule has 0 aliphatic carbocycles. The van der Waals surface area contributed by atoms with E-state index < -0.39 is 0 Å². The van der Waals surface area contributed by atoms with Gasteiger partial charge in [0.25, 0.3) is 0 Å². The molecule has 0 radical (unpaired) electrons. The zero-order valence-corrected chi connectivity index (χ0v) is 12.6. The standard InChI is InChI=1S/C15H26N2O3/c1-12(11-20-2)17-10-13(9-14(17)18)15(19)16-7-5-3-4-6-8-16/h12-13H,3-11H2,1-2H3/t12-,13-/m0/s1. The lowest BCUT2D eigenvalue weighted by Crippen LogP contribution is -2.40. The Morgan fingerprint density at radius 3 is 2.55 bits per heavy atom. The van der Waals surface area contributed by atoms with Crippen molar-refractivity contribution in [1.29, 1.82) is 0 Å². The summed E-state index contributed by atoms with van der Waals surface area (Å²) < 4.78 is 5.10. The third-order valence-electron chi connectivity index (χ3n) is 4.37. The van der Waals surface area contributed by atoms with Crippen molar-refractivity contribution in [2.75, 3.05) is 33.4 Å². The Balaban J connectivity index is 1.93. The third kappa shape index (κ3) is 3.51. The summed E-state index contributed by atoms with van der Waals surface area (Å²) in [4.78, 5) is 28.4. The van der Waals surface area contributed by atoms with Crippen molar-refractivity contribution in [3.8, 4) is 0 Å². The van der Waals surface area contributed by atoms with Crippen molar-refractivity contribution in [3.63, 3.8) is 0 Å². The van der Waals surface area contributed by atoms with Crippen molar-refractivity contribution in [2.24, 2.45) is 5.92 Å². The highest BCUT2D eigenvalue weighted by molar-refractivity contribution is 5.89. The first-order valence-electron chi connectivity index (χ1n) is 7.70. The van der Waals surface area contributed by atoms with Crippen LogP contribution < -0.4 is 0 Å². The van der Waals surface area contributed by atoms with Gasteiger partial charge in [0.05, 0.1) is 18.6 Å². The number of methoxy groups -OCH3 is 1. The second-order valence-electron chi connectivity index (χ2n) is 5.99. The van der Waals surface area contributed by atoms with E-state index in [2.05, 4.69) is 0 Å². The molecule has 2 aliphatic heterocycles. The van der Waals surface area contributed by atoms with E-state index >= 15 is 0 Å². The molecule has 0 bridgehead atoms. The van der Waals surface area contributed by atoms with Gasteiger partial charge in [-0.1, -0.05) is 12.8 Å². The Hall–Kier alpha value is -1.10. The van der Waals surface area contributed by atoms with Crippen LogP contribution in [0.15, 0.2) is 0 Å². The van der Waals surface area contributed by atoms with Gasteiger partial charge in [-0.3, -0.25) is 9.59 Å². The molecule has 20 heavy (non-hydrogen) atoms. The summed E-state index contributed by atoms with van der Waals surface area (Å²) in [6.07, 6.45) is 4.98. The molecule has 5 heteroatoms. The molecule has 5 nitrogen and oxygen atoms in total. The molecule has 0 unspecified atom stereocenters. The Morgan fingerprint density at radius 2 is 1.95 bits per heavy atom. The molecule has 2 aliphatic rings. The van der Waals surface area contributed by atoms with E-state index in [0.29, 0.717) is 19.6 Å². The van der Waals surface area contributed by atoms with Gasteiger partial charge in [0.2, 0.25) is 11.8 Å². The number of carbonyl (C=O) groups excluding carboxylic acids is 2. The summed E-state index contributed by atoms with van der Waals surface area (Å²) in [5.41, 5.74) is 0. The number of nitrogens with zero attached hydrogens (tertiary/aromatic N) is 2. The van der Waals surface area contributed by atoms with Crippen LogP contribution in [0.1, 0.15) is 39.0 Å². The average molecular weight is 282 g/mol. The highest BCUT2D eigenvalue weighted by Crippen LogP contribution is 2.23. The average Bonchev–Trinajstić information content (AvgIpc) is 2.65. The van der Waals surface area contributed by atoms with E-state index in [1.165, 1.54) is 12.8 Å². The van der Waals surface area contributed by atoms with Crippen LogP contribution in [0.2, 0.25) is 0 Å². The van der Waals surface area contributed by atoms with Crippen molar-refractivity contribution < 1.29 is 14.3 Å². The summed E-state index contributed by atoms with van der Waals surface area (Å²) in [5, 5.41) is 0. The van der Waals surface area contributed by atoms with E-state index in [-0.39, 0.29) is 23.8 Å². The van der Waals surface area contributed by atoms with E-state index in [1.807, 2.05) is 11.8 Å². The molecule has 0 N–H and O–H groups in total. The first-order chi connectivity index (χ1) is 9.63. The molecule has 2 saturated heterocycles. The summed E-state index contributed by atoms with van der Waals surface area (Å²) in [6, 6.07) is 0.0504. The molecule has 2 rings (SSSR count). The first kappa shape index (κ1) is 15.3. The van der Waals surface area contributed by atoms with Crippen molar-refractivity contribution in [2.45, 2.75) is 45.1 Å². The number of hydrogen-bond acceptors (Lipinski definition) is 3. The third-order valence-corrected chi connectivity index (χ3v) is 4.37. The van der Waals surface area contributed by atoms with Gasteiger partial charge >= 0.3 is 0 Å². The molecule has 2 heterocycles. The van der Waals surface area contributed by atoms with Crippen molar-refractivity contribution >= 4 is 11.8 Å². The van der Waals surface area contributed by atoms with Crippen LogP contribution in [0.25, 0.3) is 0 Å². The van der Waals surface area contributed by atoms with Crippen LogP contribution >= 0.6 is 0 Å². The monoisotopic (exact) mass is 282 g/mol. The second-order valence-corrected chi connectivity index (χ2v) is 5.99. The molecular weight excluding hydrogens is 256 g/mol. The molecule has 0 aromatic carbocycles. The van der Waals surface area contributed by atoms with E-state index in [9.17, 15) is 9.59 Å². The van der Waals surface area contributed by atoms with E-state index in [0.717, 1.165) is 25.9 Å². The zero-order chi connectivity index (χ0) is 14.5. The summed E-state index contributed by atoms with van der Waals surface area (Å²) >= 11 is 0. The van der Waals surface area contributed by atoms with Crippen molar-refractivity contribution in [3.05, 3.63) is 0 Å². The van der Waals surface area contributed by atoms with E-state index in [1.54, 1.807) is 12.0 Å². The molecule has 0 aromatic rings. The Labute approximate surface area is 121 Å². The quantitative estimate of drug-likeness (QED) is 0.780. The van der Waals surface area contributed by atoms with Gasteiger partial charge < -0.3 is 14.5 Å². The lowest BCUT2D eigenvalue weighted by molar-refractivity contribution is -0.135. The lowest BCUT2D eigenvalue weighted by atomic mass is 10.1. The summed E-state index contributed by atoms with van der Waals surface area (Å²) in [7, 11) is 1.64. The highest BCUT2D eigenvalue weighted by atomic mass is 16.5. The largest absolute Gasteiger partial charge is 0.383 e. The molecular formula is C15H26N2O3. The molecule has 114 valence electrons. The molecule has 0 spiro atoms. The predicted octanol–water partition coefficient (Wildman–Crippen LogP) is 1.27. The summed E-state index contributed by atoms with van der Waals surface area (Å²) in [6.45, 7) is 4.77. The van der Waals surface area contributed by atoms with Crippen LogP contribution in [0, 0.1) is 5.92 Å². The van der Waals surface area contributed by atoms with Crippen LogP contribution in [0.3, 0.4) is 0 Å². The van der Waals surface area contributed by atoms with Gasteiger partial charge in [-0.05, 0) is 19.8 Å². The minimum atomic E-state index is -0.153. The minimum Gasteiger partial charge on any atom is -0.383 e. The topological polar surface area (TPSA) is 49.9 Å². The summed E-state index contributed by atoms with van der Waals surface area (Å²) in [5.74, 6) is 0.106. The minimum absolute atomic E-state index is 0.0504. The SMILES string of the molecule is COC[C@H](C)N1C[C@@H](C(=O)N2CCCCCC2)CC1=O. The van der Waals surface area contributed by atoms with Gasteiger partial charge in [0, 0.05) is 33.2 Å². The fourth-order valence-electron chi connectivity index (χ4n) is 3.20. The van der Waals surface area contributed by atoms with Gasteiger partial charge in [0.15, 0.2) is 0 Å². The van der Waals surface area contributed by atoms with Crippen LogP contribution in [0.4, 0.5) is 0 Å². The maximum Gasteiger partial charge on any atom is 0.227 e. The van der Waals surface area contributed by atoms with Gasteiger partial charge in [-0.15, -0.1) is 0 Å². The Bertz CT molecular complexity index is 351. The first-order valence-corrected chi connectivity index (χ1v) is 7.70. The fourth-order valence-corrected chi connectivity index (χ4v) is 3.20. The number of hydrogen-bond donors (Lipinski definition) is 0. The zero-order valence-electron chi connectivity index (χ0n) is 12.6. The van der Waals surface area contributed by atoms with Crippen LogP contribution in [0.5, 0.6) is 0 Å². The van der Waals surface area contributed by atoms with E-state index in [4.69, 9.17) is 4.74 Å². The fraction of sp³-hybridized carbons (Fsp3) is 0.867. The second kappa shape index (κ2) is 7.07. The van der Waals surface area contributed by atoms with Gasteiger partial charge in [0.1, 0.15) is 0 Å². The number of amides is 2. The number of rotatable bonds is 4. The maximum absolute atomic E-state index is 12.5. The molecule has 2 atom stereocenters. The number of ether oxygens (including phenoxy) is 1. The molecule has 2 fully saturated rings. The lowest BCUT2D eigenvalue weighted by Gasteiger charge is -2.26. The maximum atomic E-state index is 12.5. The molecule has 0 aromatic heterocycles. The van der Waals surface area contributed by atoms with Gasteiger partial charge in [-0.2, -0.15) is 0 Å². The normalized spacial score (nSPS) is 25.7. The molecule has 0 saturated carbocycles. The smallest absolute Gasteiger partial charge is 0.227 e. The highest BCUT2D eigenvalue weighted by Gasteiger charge is 2.38. The van der Waals surface area contributed by atoms with Crippen molar-refractivity contribution in [1.82, 2.24) is 9.80 Å². The Kier molecular flexibility index (Phi) is 5.40. The van der Waals surface area contributed by atoms with Gasteiger partial charge in [-0.25, -0.2) is 0 Å². The Morgan fingerprint density at radius 1 is 1.30 bits per heavy atom. The number of likely N-dealkylation sites (tertiary alicyclic amines) is 2. The number of carbonyl (C=O) groups is 2. The van der Waals surface area contributed by atoms with Crippen LogP contribution in [-0.2, 0) is 14.3 Å². The van der Waals surface area contributed by atoms with Crippen LogP contribution in [-0.4, -0.2) is 61.0 Å².